The van der Waals surface area contributed by atoms with E-state index in [0.717, 1.165) is 83.5 Å². The molecule has 346 valence electrons. The zero-order valence-electron chi connectivity index (χ0n) is 36.4. The topological polar surface area (TPSA) is 210 Å². The second kappa shape index (κ2) is 36.3. The summed E-state index contributed by atoms with van der Waals surface area (Å²) in [6, 6.07) is 0. The summed E-state index contributed by atoms with van der Waals surface area (Å²) in [5.74, 6) is -1.22. The highest BCUT2D eigenvalue weighted by atomic mass is 31.2. The van der Waals surface area contributed by atoms with Gasteiger partial charge in [-0.25, -0.2) is 4.57 Å². The van der Waals surface area contributed by atoms with Crippen molar-refractivity contribution < 1.29 is 63.1 Å². The van der Waals surface area contributed by atoms with E-state index in [-0.39, 0.29) is 12.8 Å². The summed E-state index contributed by atoms with van der Waals surface area (Å²) in [6.45, 7) is 2.97. The third-order valence-electron chi connectivity index (χ3n) is 9.43. The smallest absolute Gasteiger partial charge is 0.462 e. The second-order valence-corrected chi connectivity index (χ2v) is 16.2. The van der Waals surface area contributed by atoms with Crippen molar-refractivity contribution in [1.82, 2.24) is 0 Å². The number of rotatable bonds is 34. The minimum Gasteiger partial charge on any atom is -0.462 e. The van der Waals surface area contributed by atoms with Crippen LogP contribution in [0.2, 0.25) is 0 Å². The number of hydrogen-bond donors (Lipinski definition) is 6. The lowest BCUT2D eigenvalue weighted by Gasteiger charge is -2.41. The number of carbonyl (C=O) groups is 2. The highest BCUT2D eigenvalue weighted by Crippen LogP contribution is 2.47. The van der Waals surface area contributed by atoms with E-state index in [4.69, 9.17) is 18.5 Å². The Morgan fingerprint density at radius 2 is 0.918 bits per heavy atom. The van der Waals surface area contributed by atoms with Crippen molar-refractivity contribution in [2.45, 2.75) is 172 Å². The fourth-order valence-corrected chi connectivity index (χ4v) is 6.91. The number of phosphoric acid groups is 1. The number of hydrogen-bond acceptors (Lipinski definition) is 12. The van der Waals surface area contributed by atoms with Crippen molar-refractivity contribution in [3.8, 4) is 0 Å². The molecule has 0 aromatic rings. The molecule has 6 unspecified atom stereocenters. The molecule has 0 bridgehead atoms. The Balaban J connectivity index is 2.53. The van der Waals surface area contributed by atoms with Crippen LogP contribution < -0.4 is 0 Å². The highest BCUT2D eigenvalue weighted by Gasteiger charge is 2.51. The van der Waals surface area contributed by atoms with Crippen LogP contribution in [0.4, 0.5) is 0 Å². The second-order valence-electron chi connectivity index (χ2n) is 14.8. The van der Waals surface area contributed by atoms with Gasteiger partial charge in [0, 0.05) is 12.8 Å². The predicted molar refractivity (Wildman–Crippen MR) is 239 cm³/mol. The van der Waals surface area contributed by atoms with Crippen LogP contribution >= 0.6 is 7.82 Å². The summed E-state index contributed by atoms with van der Waals surface area (Å²) in [5.41, 5.74) is 0. The average Bonchev–Trinajstić information content (AvgIpc) is 3.24. The zero-order chi connectivity index (χ0) is 45.0. The molecule has 0 radical (unpaired) electrons. The fraction of sp³-hybridized carbons (Fsp3) is 0.617. The molecule has 13 nitrogen and oxygen atoms in total. The number of phosphoric ester groups is 1. The molecular formula is C47H75O13P. The van der Waals surface area contributed by atoms with Gasteiger partial charge in [-0.1, -0.05) is 137 Å². The van der Waals surface area contributed by atoms with Gasteiger partial charge < -0.3 is 39.9 Å². The number of aliphatic hydroxyl groups is 5. The number of allylic oxidation sites excluding steroid dienone is 16. The number of aliphatic hydroxyl groups excluding tert-OH is 5. The standard InChI is InChI=1S/C47H75O13P/c1-3-5-7-9-11-13-15-17-18-19-20-21-22-24-26-28-30-32-34-36-41(49)59-39(38-58-61(55,56)60-47-45(53)43(51)42(50)44(52)46(47)54)37-57-40(48)35-33-31-29-27-25-23-16-14-12-10-8-6-4-2/h5-8,11-14,17-18,20-21,23,25,29,31,39,42-47,50-54H,3-4,9-10,15-16,19,22,24,26-28,30,32-38H2,1-2H3,(H,55,56)/b7-5-,8-6-,13-11-,14-12-,18-17-,21-20-,25-23-,31-29-. The van der Waals surface area contributed by atoms with Gasteiger partial charge in [0.25, 0.3) is 0 Å². The van der Waals surface area contributed by atoms with Crippen molar-refractivity contribution in [3.63, 3.8) is 0 Å². The maximum Gasteiger partial charge on any atom is 0.472 e. The molecule has 6 N–H and O–H groups in total. The molecule has 0 saturated heterocycles. The van der Waals surface area contributed by atoms with Crippen LogP contribution in [-0.4, -0.2) is 98.3 Å². The normalized spacial score (nSPS) is 23.0. The number of unbranched alkanes of at least 4 members (excludes halogenated alkanes) is 6. The van der Waals surface area contributed by atoms with Crippen LogP contribution in [0.25, 0.3) is 0 Å². The van der Waals surface area contributed by atoms with Crippen LogP contribution in [0.3, 0.4) is 0 Å². The number of ether oxygens (including phenoxy) is 2. The van der Waals surface area contributed by atoms with Crippen LogP contribution in [0.15, 0.2) is 97.2 Å². The minimum atomic E-state index is -5.14. The van der Waals surface area contributed by atoms with Crippen LogP contribution in [0.1, 0.15) is 129 Å². The summed E-state index contributed by atoms with van der Waals surface area (Å²) in [5, 5.41) is 50.1. The first-order valence-electron chi connectivity index (χ1n) is 22.0. The van der Waals surface area contributed by atoms with E-state index in [1.54, 1.807) is 0 Å². The van der Waals surface area contributed by atoms with Crippen LogP contribution in [0.5, 0.6) is 0 Å². The molecule has 1 fully saturated rings. The van der Waals surface area contributed by atoms with E-state index in [1.807, 2.05) is 18.2 Å². The lowest BCUT2D eigenvalue weighted by Crippen LogP contribution is -2.64. The molecule has 0 aliphatic heterocycles. The van der Waals surface area contributed by atoms with Gasteiger partial charge in [-0.2, -0.15) is 0 Å². The molecule has 0 aromatic heterocycles. The lowest BCUT2D eigenvalue weighted by atomic mass is 9.85. The molecule has 14 heteroatoms. The molecule has 61 heavy (non-hydrogen) atoms. The zero-order valence-corrected chi connectivity index (χ0v) is 37.3. The van der Waals surface area contributed by atoms with Gasteiger partial charge in [0.05, 0.1) is 6.61 Å². The maximum absolute atomic E-state index is 12.8. The molecule has 0 amide bonds. The Morgan fingerprint density at radius 1 is 0.508 bits per heavy atom. The molecule has 1 aliphatic rings. The Hall–Kier alpha value is -3.23. The summed E-state index contributed by atoms with van der Waals surface area (Å²) in [6.07, 6.45) is 34.8. The quantitative estimate of drug-likeness (QED) is 0.0156. The summed E-state index contributed by atoms with van der Waals surface area (Å²) in [7, 11) is -5.14. The van der Waals surface area contributed by atoms with Gasteiger partial charge in [-0.05, 0) is 77.0 Å². The first kappa shape index (κ1) is 55.8. The first-order chi connectivity index (χ1) is 29.4. The highest BCUT2D eigenvalue weighted by molar-refractivity contribution is 7.47. The predicted octanol–water partition coefficient (Wildman–Crippen LogP) is 8.27. The number of esters is 2. The van der Waals surface area contributed by atoms with Crippen molar-refractivity contribution in [1.29, 1.82) is 0 Å². The van der Waals surface area contributed by atoms with Crippen LogP contribution in [-0.2, 0) is 32.7 Å². The molecule has 0 spiro atoms. The Kier molecular flexibility index (Phi) is 33.2. The van der Waals surface area contributed by atoms with Gasteiger partial charge in [0.2, 0.25) is 0 Å². The maximum atomic E-state index is 12.8. The van der Waals surface area contributed by atoms with E-state index in [0.29, 0.717) is 19.3 Å². The molecule has 0 heterocycles. The van der Waals surface area contributed by atoms with Crippen LogP contribution in [0, 0.1) is 0 Å². The van der Waals surface area contributed by atoms with E-state index < -0.39 is 75.7 Å². The molecule has 1 saturated carbocycles. The number of carbonyl (C=O) groups excluding carboxylic acids is 2. The Labute approximate surface area is 364 Å². The third kappa shape index (κ3) is 28.9. The van der Waals surface area contributed by atoms with Gasteiger partial charge in [-0.3, -0.25) is 18.6 Å². The van der Waals surface area contributed by atoms with Crippen molar-refractivity contribution in [2.24, 2.45) is 0 Å². The molecule has 1 rings (SSSR count). The fourth-order valence-electron chi connectivity index (χ4n) is 5.94. The molecule has 6 atom stereocenters. The van der Waals surface area contributed by atoms with E-state index in [1.165, 1.54) is 0 Å². The average molecular weight is 879 g/mol. The van der Waals surface area contributed by atoms with E-state index >= 15 is 0 Å². The summed E-state index contributed by atoms with van der Waals surface area (Å²) >= 11 is 0. The SMILES string of the molecule is CC/C=C\C/C=C\C/C=C\C/C=C\CCCCCCCCC(=O)OC(COC(=O)CC/C=C\C/C=C\C/C=C\C/C=C\CC)COP(=O)(O)OC1C(O)C(O)C(O)C(O)C1O. The lowest BCUT2D eigenvalue weighted by molar-refractivity contribution is -0.220. The largest absolute Gasteiger partial charge is 0.472 e. The first-order valence-corrected chi connectivity index (χ1v) is 23.5. The van der Waals surface area contributed by atoms with Crippen molar-refractivity contribution in [2.75, 3.05) is 13.2 Å². The summed E-state index contributed by atoms with van der Waals surface area (Å²) < 4.78 is 33.4. The van der Waals surface area contributed by atoms with Crippen molar-refractivity contribution >= 4 is 19.8 Å². The third-order valence-corrected chi connectivity index (χ3v) is 10.4. The van der Waals surface area contributed by atoms with E-state index in [9.17, 15) is 44.6 Å². The van der Waals surface area contributed by atoms with Crippen molar-refractivity contribution in [3.05, 3.63) is 97.2 Å². The molecule has 0 aromatic carbocycles. The van der Waals surface area contributed by atoms with Gasteiger partial charge in [0.1, 0.15) is 43.2 Å². The van der Waals surface area contributed by atoms with Gasteiger partial charge in [0.15, 0.2) is 6.10 Å². The summed E-state index contributed by atoms with van der Waals surface area (Å²) in [4.78, 5) is 35.6. The van der Waals surface area contributed by atoms with Gasteiger partial charge >= 0.3 is 19.8 Å². The Morgan fingerprint density at radius 3 is 1.41 bits per heavy atom. The van der Waals surface area contributed by atoms with E-state index in [2.05, 4.69) is 92.8 Å². The van der Waals surface area contributed by atoms with Gasteiger partial charge in [-0.15, -0.1) is 0 Å². The molecular weight excluding hydrogens is 803 g/mol. The molecule has 1 aliphatic carbocycles. The minimum absolute atomic E-state index is 0.0365. The Bertz CT molecular complexity index is 1430. The monoisotopic (exact) mass is 878 g/mol.